The lowest BCUT2D eigenvalue weighted by Crippen LogP contribution is -2.24. The number of hydrogen-bond donors (Lipinski definition) is 1. The second-order valence-electron chi connectivity index (χ2n) is 4.48. The van der Waals surface area contributed by atoms with Crippen LogP contribution in [0.4, 0.5) is 5.69 Å². The van der Waals surface area contributed by atoms with Crippen LogP contribution in [0.5, 0.6) is 0 Å². The molecule has 0 fully saturated rings. The fourth-order valence-electron chi connectivity index (χ4n) is 1.85. The van der Waals surface area contributed by atoms with Crippen molar-refractivity contribution in [1.82, 2.24) is 9.78 Å². The van der Waals surface area contributed by atoms with E-state index in [2.05, 4.69) is 29.5 Å². The number of thiophene rings is 1. The van der Waals surface area contributed by atoms with E-state index in [4.69, 9.17) is 11.6 Å². The first-order valence-corrected chi connectivity index (χ1v) is 7.92. The molecule has 2 aromatic heterocycles. The lowest BCUT2D eigenvalue weighted by Gasteiger charge is -2.09. The smallest absolute Gasteiger partial charge is 0.287 e. The number of aromatic nitrogens is 2. The molecule has 1 N–H and O–H groups in total. The van der Waals surface area contributed by atoms with Gasteiger partial charge in [-0.25, -0.2) is 4.68 Å². The third-order valence-electron chi connectivity index (χ3n) is 2.94. The van der Waals surface area contributed by atoms with Crippen LogP contribution in [0.1, 0.15) is 30.0 Å². The maximum atomic E-state index is 12.0. The van der Waals surface area contributed by atoms with E-state index in [-0.39, 0.29) is 10.6 Å². The first-order valence-electron chi connectivity index (χ1n) is 6.72. The molecule has 0 saturated heterocycles. The Morgan fingerprint density at radius 1 is 1.35 bits per heavy atom. The Hall–Kier alpha value is -1.33. The van der Waals surface area contributed by atoms with Gasteiger partial charge in [-0.05, 0) is 25.0 Å². The molecule has 2 rings (SSSR count). The molecule has 0 aromatic carbocycles. The van der Waals surface area contributed by atoms with Crippen molar-refractivity contribution in [1.29, 1.82) is 0 Å². The summed E-state index contributed by atoms with van der Waals surface area (Å²) in [6.45, 7) is 5.38. The molecule has 6 heteroatoms. The van der Waals surface area contributed by atoms with Crippen molar-refractivity contribution in [3.8, 4) is 0 Å². The Morgan fingerprint density at radius 2 is 2.10 bits per heavy atom. The van der Waals surface area contributed by atoms with Gasteiger partial charge < -0.3 is 5.32 Å². The average Bonchev–Trinajstić information content (AvgIpc) is 2.91. The van der Waals surface area contributed by atoms with Crippen molar-refractivity contribution in [2.75, 3.05) is 5.32 Å². The minimum atomic E-state index is -0.237. The van der Waals surface area contributed by atoms with Gasteiger partial charge in [0.1, 0.15) is 5.02 Å². The van der Waals surface area contributed by atoms with E-state index >= 15 is 0 Å². The van der Waals surface area contributed by atoms with Crippen molar-refractivity contribution >= 4 is 28.6 Å². The molecule has 0 unspecified atom stereocenters. The number of halogens is 1. The number of aryl methyl sites for hydroxylation is 2. The van der Waals surface area contributed by atoms with Crippen molar-refractivity contribution in [3.63, 3.8) is 0 Å². The lowest BCUT2D eigenvalue weighted by atomic mass is 10.3. The summed E-state index contributed by atoms with van der Waals surface area (Å²) in [4.78, 5) is 14.5. The Balaban J connectivity index is 2.10. The molecule has 0 amide bonds. The third kappa shape index (κ3) is 3.41. The first-order chi connectivity index (χ1) is 9.65. The SMILES string of the molecule is CCCn1ncc(NCc2ccc(CC)s2)c(Cl)c1=O. The minimum Gasteiger partial charge on any atom is -0.377 e. The molecule has 0 radical (unpaired) electrons. The van der Waals surface area contributed by atoms with Crippen LogP contribution >= 0.6 is 22.9 Å². The maximum absolute atomic E-state index is 12.0. The van der Waals surface area contributed by atoms with Crippen LogP contribution in [-0.2, 0) is 19.5 Å². The molecule has 20 heavy (non-hydrogen) atoms. The number of hydrogen-bond acceptors (Lipinski definition) is 4. The molecule has 0 bridgehead atoms. The number of anilines is 1. The first kappa shape index (κ1) is 15.1. The Kier molecular flexibility index (Phi) is 5.20. The summed E-state index contributed by atoms with van der Waals surface area (Å²) in [5.74, 6) is 0. The molecule has 2 heterocycles. The minimum absolute atomic E-state index is 0.209. The highest BCUT2D eigenvalue weighted by Crippen LogP contribution is 2.20. The summed E-state index contributed by atoms with van der Waals surface area (Å²) < 4.78 is 1.40. The largest absolute Gasteiger partial charge is 0.377 e. The standard InChI is InChI=1S/C14H18ClN3OS/c1-3-7-18-14(19)13(15)12(9-17-18)16-8-11-6-5-10(4-2)20-11/h5-6,9,16H,3-4,7-8H2,1-2H3. The van der Waals surface area contributed by atoms with Crippen LogP contribution < -0.4 is 10.9 Å². The van der Waals surface area contributed by atoms with Gasteiger partial charge in [0.2, 0.25) is 0 Å². The van der Waals surface area contributed by atoms with E-state index < -0.39 is 0 Å². The van der Waals surface area contributed by atoms with Crippen LogP contribution in [0.3, 0.4) is 0 Å². The summed E-state index contributed by atoms with van der Waals surface area (Å²) in [7, 11) is 0. The van der Waals surface area contributed by atoms with E-state index in [1.807, 2.05) is 6.92 Å². The summed E-state index contributed by atoms with van der Waals surface area (Å²) in [6.07, 6.45) is 3.51. The van der Waals surface area contributed by atoms with Gasteiger partial charge in [-0.3, -0.25) is 4.79 Å². The third-order valence-corrected chi connectivity index (χ3v) is 4.53. The molecule has 4 nitrogen and oxygen atoms in total. The zero-order valence-corrected chi connectivity index (χ0v) is 13.2. The van der Waals surface area contributed by atoms with E-state index in [0.717, 1.165) is 12.8 Å². The van der Waals surface area contributed by atoms with Gasteiger partial charge in [0.15, 0.2) is 0 Å². The van der Waals surface area contributed by atoms with Gasteiger partial charge in [-0.1, -0.05) is 25.4 Å². The fraction of sp³-hybridized carbons (Fsp3) is 0.429. The van der Waals surface area contributed by atoms with Crippen molar-refractivity contribution in [3.05, 3.63) is 43.5 Å². The Morgan fingerprint density at radius 3 is 2.75 bits per heavy atom. The summed E-state index contributed by atoms with van der Waals surface area (Å²) in [6, 6.07) is 4.22. The Bertz CT molecular complexity index is 636. The normalized spacial score (nSPS) is 10.8. The highest BCUT2D eigenvalue weighted by atomic mass is 35.5. The van der Waals surface area contributed by atoms with E-state index in [1.165, 1.54) is 14.4 Å². The van der Waals surface area contributed by atoms with Crippen molar-refractivity contribution in [2.24, 2.45) is 0 Å². The van der Waals surface area contributed by atoms with Gasteiger partial charge in [0, 0.05) is 22.8 Å². The van der Waals surface area contributed by atoms with Crippen molar-refractivity contribution < 1.29 is 0 Å². The Labute approximate surface area is 127 Å². The molecular formula is C14H18ClN3OS. The summed E-state index contributed by atoms with van der Waals surface area (Å²) >= 11 is 7.86. The quantitative estimate of drug-likeness (QED) is 0.887. The summed E-state index contributed by atoms with van der Waals surface area (Å²) in [5, 5.41) is 7.51. The second kappa shape index (κ2) is 6.90. The average molecular weight is 312 g/mol. The molecule has 0 aliphatic carbocycles. The van der Waals surface area contributed by atoms with Crippen LogP contribution in [0.2, 0.25) is 5.02 Å². The second-order valence-corrected chi connectivity index (χ2v) is 6.11. The molecule has 0 atom stereocenters. The van der Waals surface area contributed by atoms with Gasteiger partial charge in [0.05, 0.1) is 11.9 Å². The van der Waals surface area contributed by atoms with Gasteiger partial charge in [-0.15, -0.1) is 11.3 Å². The zero-order valence-electron chi connectivity index (χ0n) is 11.6. The fourth-order valence-corrected chi connectivity index (χ4v) is 2.96. The van der Waals surface area contributed by atoms with Gasteiger partial charge >= 0.3 is 0 Å². The molecule has 0 aliphatic rings. The summed E-state index contributed by atoms with van der Waals surface area (Å²) in [5.41, 5.74) is 0.356. The molecular weight excluding hydrogens is 294 g/mol. The van der Waals surface area contributed by atoms with Crippen LogP contribution in [0, 0.1) is 0 Å². The number of nitrogens with one attached hydrogen (secondary N) is 1. The predicted molar refractivity (Wildman–Crippen MR) is 84.8 cm³/mol. The lowest BCUT2D eigenvalue weighted by molar-refractivity contribution is 0.568. The highest BCUT2D eigenvalue weighted by molar-refractivity contribution is 7.12. The molecule has 0 aliphatic heterocycles. The molecule has 2 aromatic rings. The maximum Gasteiger partial charge on any atom is 0.287 e. The monoisotopic (exact) mass is 311 g/mol. The zero-order chi connectivity index (χ0) is 14.5. The van der Waals surface area contributed by atoms with Gasteiger partial charge in [0.25, 0.3) is 5.56 Å². The van der Waals surface area contributed by atoms with E-state index in [1.54, 1.807) is 17.5 Å². The molecule has 108 valence electrons. The molecule has 0 saturated carbocycles. The van der Waals surface area contributed by atoms with E-state index in [0.29, 0.717) is 18.8 Å². The highest BCUT2D eigenvalue weighted by Gasteiger charge is 2.09. The number of rotatable bonds is 6. The number of nitrogens with zero attached hydrogens (tertiary/aromatic N) is 2. The van der Waals surface area contributed by atoms with Crippen molar-refractivity contribution in [2.45, 2.75) is 39.8 Å². The van der Waals surface area contributed by atoms with Crippen LogP contribution in [0.25, 0.3) is 0 Å². The van der Waals surface area contributed by atoms with Crippen LogP contribution in [0.15, 0.2) is 23.1 Å². The topological polar surface area (TPSA) is 46.9 Å². The molecule has 0 spiro atoms. The predicted octanol–water partition coefficient (Wildman–Crippen LogP) is 3.54. The van der Waals surface area contributed by atoms with Crippen LogP contribution in [-0.4, -0.2) is 9.78 Å². The van der Waals surface area contributed by atoms with E-state index in [9.17, 15) is 4.79 Å². The van der Waals surface area contributed by atoms with Gasteiger partial charge in [-0.2, -0.15) is 5.10 Å².